The maximum atomic E-state index is 12.2. The highest BCUT2D eigenvalue weighted by atomic mass is 16.5. The van der Waals surface area contributed by atoms with E-state index in [4.69, 9.17) is 4.74 Å². The standard InChI is InChI=1S/C17H17NO3/c1-4-21-17(20)15-10(2)18(3)16-12-8-6-5-7-11(12)14(19)9-13(15)16/h5-9,19H,4H2,1-3H3. The number of carbonyl (C=O) groups is 1. The summed E-state index contributed by atoms with van der Waals surface area (Å²) in [5.74, 6) is -0.176. The predicted molar refractivity (Wildman–Crippen MR) is 82.8 cm³/mol. The number of hydrogen-bond acceptors (Lipinski definition) is 3. The molecule has 0 unspecified atom stereocenters. The zero-order chi connectivity index (χ0) is 15.1. The van der Waals surface area contributed by atoms with Crippen LogP contribution in [0.4, 0.5) is 0 Å². The van der Waals surface area contributed by atoms with E-state index in [1.54, 1.807) is 13.0 Å². The van der Waals surface area contributed by atoms with Gasteiger partial charge >= 0.3 is 5.97 Å². The van der Waals surface area contributed by atoms with Gasteiger partial charge in [-0.3, -0.25) is 0 Å². The van der Waals surface area contributed by atoms with Crippen LogP contribution in [0.2, 0.25) is 0 Å². The number of fused-ring (bicyclic) bond motifs is 3. The van der Waals surface area contributed by atoms with Crippen molar-refractivity contribution in [1.29, 1.82) is 0 Å². The van der Waals surface area contributed by atoms with Crippen LogP contribution in [0.15, 0.2) is 30.3 Å². The number of benzene rings is 2. The molecular formula is C17H17NO3. The lowest BCUT2D eigenvalue weighted by atomic mass is 10.0. The minimum atomic E-state index is -0.352. The monoisotopic (exact) mass is 283 g/mol. The number of nitrogens with zero attached hydrogens (tertiary/aromatic N) is 1. The first-order valence-corrected chi connectivity index (χ1v) is 6.93. The fraction of sp³-hybridized carbons (Fsp3) is 0.235. The maximum absolute atomic E-state index is 12.2. The van der Waals surface area contributed by atoms with Crippen LogP contribution >= 0.6 is 0 Å². The quantitative estimate of drug-likeness (QED) is 0.732. The number of aromatic nitrogens is 1. The molecule has 21 heavy (non-hydrogen) atoms. The highest BCUT2D eigenvalue weighted by Gasteiger charge is 2.22. The third-order valence-corrected chi connectivity index (χ3v) is 3.94. The highest BCUT2D eigenvalue weighted by Crippen LogP contribution is 2.36. The molecule has 3 rings (SSSR count). The van der Waals surface area contributed by atoms with Crippen molar-refractivity contribution in [3.8, 4) is 5.75 Å². The second kappa shape index (κ2) is 4.81. The van der Waals surface area contributed by atoms with Gasteiger partial charge in [-0.25, -0.2) is 4.79 Å². The third-order valence-electron chi connectivity index (χ3n) is 3.94. The molecule has 0 radical (unpaired) electrons. The highest BCUT2D eigenvalue weighted by molar-refractivity contribution is 6.16. The first-order chi connectivity index (χ1) is 10.1. The fourth-order valence-electron chi connectivity index (χ4n) is 2.88. The van der Waals surface area contributed by atoms with E-state index in [9.17, 15) is 9.90 Å². The molecule has 0 saturated carbocycles. The Hall–Kier alpha value is -2.49. The molecule has 0 spiro atoms. The number of aromatic hydroxyl groups is 1. The molecule has 4 nitrogen and oxygen atoms in total. The Bertz CT molecular complexity index is 861. The second-order valence-corrected chi connectivity index (χ2v) is 5.08. The average molecular weight is 283 g/mol. The molecule has 0 bridgehead atoms. The zero-order valence-electron chi connectivity index (χ0n) is 12.3. The molecule has 1 aromatic heterocycles. The van der Waals surface area contributed by atoms with Gasteiger partial charge in [0.2, 0.25) is 0 Å². The Morgan fingerprint density at radius 2 is 1.90 bits per heavy atom. The summed E-state index contributed by atoms with van der Waals surface area (Å²) in [6, 6.07) is 9.28. The van der Waals surface area contributed by atoms with E-state index >= 15 is 0 Å². The Kier molecular flexibility index (Phi) is 3.09. The van der Waals surface area contributed by atoms with Crippen molar-refractivity contribution in [2.24, 2.45) is 7.05 Å². The Morgan fingerprint density at radius 1 is 1.24 bits per heavy atom. The molecule has 0 atom stereocenters. The van der Waals surface area contributed by atoms with Gasteiger partial charge in [0, 0.05) is 28.9 Å². The molecule has 108 valence electrons. The first kappa shape index (κ1) is 13.5. The van der Waals surface area contributed by atoms with E-state index in [0.29, 0.717) is 12.2 Å². The van der Waals surface area contributed by atoms with Gasteiger partial charge in [-0.05, 0) is 19.9 Å². The SMILES string of the molecule is CCOC(=O)c1c(C)n(C)c2c1cc(O)c1ccccc12. The summed E-state index contributed by atoms with van der Waals surface area (Å²) in [7, 11) is 1.92. The lowest BCUT2D eigenvalue weighted by molar-refractivity contribution is 0.0527. The molecule has 0 amide bonds. The smallest absolute Gasteiger partial charge is 0.340 e. The van der Waals surface area contributed by atoms with Gasteiger partial charge in [0.1, 0.15) is 5.75 Å². The van der Waals surface area contributed by atoms with Crippen molar-refractivity contribution in [2.75, 3.05) is 6.61 Å². The average Bonchev–Trinajstić information content (AvgIpc) is 2.71. The summed E-state index contributed by atoms with van der Waals surface area (Å²) in [6.07, 6.45) is 0. The maximum Gasteiger partial charge on any atom is 0.340 e. The number of aryl methyl sites for hydroxylation is 1. The summed E-state index contributed by atoms with van der Waals surface area (Å²) in [6.45, 7) is 4.00. The molecule has 0 saturated heterocycles. The molecule has 4 heteroatoms. The van der Waals surface area contributed by atoms with Crippen molar-refractivity contribution < 1.29 is 14.6 Å². The molecule has 3 aromatic rings. The minimum absolute atomic E-state index is 0.175. The number of esters is 1. The number of phenolic OH excluding ortho intramolecular Hbond substituents is 1. The molecule has 2 aromatic carbocycles. The summed E-state index contributed by atoms with van der Waals surface area (Å²) < 4.78 is 7.12. The van der Waals surface area contributed by atoms with E-state index in [0.717, 1.165) is 27.4 Å². The van der Waals surface area contributed by atoms with Gasteiger partial charge in [0.15, 0.2) is 0 Å². The minimum Gasteiger partial charge on any atom is -0.507 e. The number of hydrogen-bond donors (Lipinski definition) is 1. The van der Waals surface area contributed by atoms with Crippen LogP contribution < -0.4 is 0 Å². The number of rotatable bonds is 2. The van der Waals surface area contributed by atoms with Gasteiger partial charge in [-0.1, -0.05) is 24.3 Å². The molecule has 1 heterocycles. The summed E-state index contributed by atoms with van der Waals surface area (Å²) >= 11 is 0. The molecule has 0 aliphatic carbocycles. The molecule has 0 aliphatic rings. The lowest BCUT2D eigenvalue weighted by Crippen LogP contribution is -2.06. The summed E-state index contributed by atoms with van der Waals surface area (Å²) in [4.78, 5) is 12.2. The summed E-state index contributed by atoms with van der Waals surface area (Å²) in [5, 5.41) is 12.7. The number of ether oxygens (including phenoxy) is 1. The van der Waals surface area contributed by atoms with E-state index in [-0.39, 0.29) is 11.7 Å². The Balaban J connectivity index is 2.47. The van der Waals surface area contributed by atoms with E-state index in [1.165, 1.54) is 0 Å². The van der Waals surface area contributed by atoms with Crippen LogP contribution in [-0.4, -0.2) is 22.2 Å². The topological polar surface area (TPSA) is 51.5 Å². The van der Waals surface area contributed by atoms with Crippen LogP contribution in [0.3, 0.4) is 0 Å². The Labute approximate surface area is 122 Å². The largest absolute Gasteiger partial charge is 0.507 e. The van der Waals surface area contributed by atoms with E-state index in [2.05, 4.69) is 0 Å². The van der Waals surface area contributed by atoms with Crippen molar-refractivity contribution in [2.45, 2.75) is 13.8 Å². The molecular weight excluding hydrogens is 266 g/mol. The van der Waals surface area contributed by atoms with E-state index in [1.807, 2.05) is 42.8 Å². The molecule has 0 fully saturated rings. The molecule has 1 N–H and O–H groups in total. The summed E-state index contributed by atoms with van der Waals surface area (Å²) in [5.41, 5.74) is 2.29. The van der Waals surface area contributed by atoms with Crippen molar-refractivity contribution in [3.05, 3.63) is 41.6 Å². The number of carbonyl (C=O) groups excluding carboxylic acids is 1. The van der Waals surface area contributed by atoms with Crippen LogP contribution in [0.1, 0.15) is 23.0 Å². The van der Waals surface area contributed by atoms with E-state index < -0.39 is 0 Å². The van der Waals surface area contributed by atoms with Gasteiger partial charge in [0.05, 0.1) is 17.7 Å². The van der Waals surface area contributed by atoms with Crippen molar-refractivity contribution >= 4 is 27.6 Å². The molecule has 0 aliphatic heterocycles. The van der Waals surface area contributed by atoms with Gasteiger partial charge < -0.3 is 14.4 Å². The van der Waals surface area contributed by atoms with Crippen LogP contribution in [0.25, 0.3) is 21.7 Å². The Morgan fingerprint density at radius 3 is 2.57 bits per heavy atom. The first-order valence-electron chi connectivity index (χ1n) is 6.93. The fourth-order valence-corrected chi connectivity index (χ4v) is 2.88. The second-order valence-electron chi connectivity index (χ2n) is 5.08. The van der Waals surface area contributed by atoms with Crippen LogP contribution in [0.5, 0.6) is 5.75 Å². The third kappa shape index (κ3) is 1.87. The lowest BCUT2D eigenvalue weighted by Gasteiger charge is -2.05. The zero-order valence-corrected chi connectivity index (χ0v) is 12.3. The van der Waals surface area contributed by atoms with Crippen LogP contribution in [0, 0.1) is 6.92 Å². The number of phenols is 1. The van der Waals surface area contributed by atoms with Gasteiger partial charge in [-0.2, -0.15) is 0 Å². The van der Waals surface area contributed by atoms with Crippen molar-refractivity contribution in [1.82, 2.24) is 4.57 Å². The van der Waals surface area contributed by atoms with Gasteiger partial charge in [-0.15, -0.1) is 0 Å². The van der Waals surface area contributed by atoms with Gasteiger partial charge in [0.25, 0.3) is 0 Å². The predicted octanol–water partition coefficient (Wildman–Crippen LogP) is 3.52. The van der Waals surface area contributed by atoms with Crippen LogP contribution in [-0.2, 0) is 11.8 Å². The van der Waals surface area contributed by atoms with Crippen molar-refractivity contribution in [3.63, 3.8) is 0 Å². The normalized spacial score (nSPS) is 11.2.